The van der Waals surface area contributed by atoms with Crippen LogP contribution in [0, 0.1) is 0 Å². The fraction of sp³-hybridized carbons (Fsp3) is 0.667. The summed E-state index contributed by atoms with van der Waals surface area (Å²) in [6, 6.07) is 5.91. The second-order valence-electron chi connectivity index (χ2n) is 13.8. The van der Waals surface area contributed by atoms with Crippen molar-refractivity contribution < 1.29 is 23.5 Å². The first-order valence-electron chi connectivity index (χ1n) is 14.2. The van der Waals surface area contributed by atoms with Gasteiger partial charge in [0.25, 0.3) is 0 Å². The number of benzene rings is 1. The summed E-state index contributed by atoms with van der Waals surface area (Å²) >= 11 is 3.44. The summed E-state index contributed by atoms with van der Waals surface area (Å²) in [5.41, 5.74) is 2.43. The van der Waals surface area contributed by atoms with E-state index in [-0.39, 0.29) is 33.8 Å². The predicted octanol–water partition coefficient (Wildman–Crippen LogP) is 6.75. The molecule has 0 aliphatic carbocycles. The van der Waals surface area contributed by atoms with Gasteiger partial charge in [0.05, 0.1) is 25.1 Å². The van der Waals surface area contributed by atoms with Gasteiger partial charge in [-0.2, -0.15) is 0 Å². The van der Waals surface area contributed by atoms with Gasteiger partial charge in [-0.1, -0.05) is 36.7 Å². The van der Waals surface area contributed by atoms with Crippen molar-refractivity contribution in [2.75, 3.05) is 38.7 Å². The molecule has 2 aromatic rings. The normalized spacial score (nSPS) is 19.6. The van der Waals surface area contributed by atoms with Gasteiger partial charge in [0, 0.05) is 47.7 Å². The molecule has 1 atom stereocenters. The Labute approximate surface area is 248 Å². The Morgan fingerprint density at radius 2 is 1.77 bits per heavy atom. The van der Waals surface area contributed by atoms with E-state index < -0.39 is 13.9 Å². The van der Waals surface area contributed by atoms with E-state index in [0.29, 0.717) is 26.2 Å². The number of nitrogens with one attached hydrogen (secondary N) is 1. The number of H-pyrrole nitrogens is 1. The van der Waals surface area contributed by atoms with Crippen LogP contribution in [0.4, 0.5) is 4.79 Å². The summed E-state index contributed by atoms with van der Waals surface area (Å²) in [4.78, 5) is 33.9. The van der Waals surface area contributed by atoms with Crippen molar-refractivity contribution in [3.05, 3.63) is 29.5 Å². The number of aromatic amines is 1. The number of nitrogens with zero attached hydrogens (tertiary/aromatic N) is 2. The lowest BCUT2D eigenvalue weighted by Crippen LogP contribution is -2.57. The summed E-state index contributed by atoms with van der Waals surface area (Å²) in [7, 11) is -0.399. The standard InChI is InChI=1S/C30H46BrN3O5Si/c1-28(2,3)39-27(36)33-14-12-30(13-15-33)19-34(24(35)17-31)23(18-38-40(8,9)29(4,5)6)26-25(30)21-11-10-20(37-7)16-22(21)32-26/h10-11,16,23,32H,12-15,17-19H2,1-9H3/t23-/m0/s1. The molecule has 1 N–H and O–H groups in total. The minimum atomic E-state index is -2.07. The largest absolute Gasteiger partial charge is 0.497 e. The van der Waals surface area contributed by atoms with Gasteiger partial charge in [0.1, 0.15) is 11.4 Å². The Bertz CT molecular complexity index is 1250. The number of methoxy groups -OCH3 is 1. The number of hydrogen-bond acceptors (Lipinski definition) is 5. The van der Waals surface area contributed by atoms with Gasteiger partial charge in [0.15, 0.2) is 8.32 Å². The number of alkyl halides is 1. The highest BCUT2D eigenvalue weighted by Gasteiger charge is 2.50. The Morgan fingerprint density at radius 3 is 2.33 bits per heavy atom. The van der Waals surface area contributed by atoms with Gasteiger partial charge in [0.2, 0.25) is 5.91 Å². The zero-order chi connectivity index (χ0) is 29.7. The van der Waals surface area contributed by atoms with E-state index in [4.69, 9.17) is 13.9 Å². The predicted molar refractivity (Wildman–Crippen MR) is 165 cm³/mol. The minimum Gasteiger partial charge on any atom is -0.497 e. The summed E-state index contributed by atoms with van der Waals surface area (Å²) in [5, 5.41) is 1.44. The van der Waals surface area contributed by atoms with Gasteiger partial charge in [-0.25, -0.2) is 4.79 Å². The molecule has 0 saturated carbocycles. The average molecular weight is 637 g/mol. The van der Waals surface area contributed by atoms with Crippen molar-refractivity contribution in [2.45, 2.75) is 89.6 Å². The fourth-order valence-electron chi connectivity index (χ4n) is 5.68. The van der Waals surface area contributed by atoms with E-state index in [2.05, 4.69) is 60.8 Å². The average Bonchev–Trinajstić information content (AvgIpc) is 3.26. The first-order valence-corrected chi connectivity index (χ1v) is 18.2. The highest BCUT2D eigenvalue weighted by Crippen LogP contribution is 2.50. The number of ether oxygens (including phenoxy) is 2. The highest BCUT2D eigenvalue weighted by atomic mass is 79.9. The second-order valence-corrected chi connectivity index (χ2v) is 19.2. The molecule has 2 amide bonds. The molecular weight excluding hydrogens is 590 g/mol. The first kappa shape index (κ1) is 30.9. The van der Waals surface area contributed by atoms with Gasteiger partial charge in [-0.05, 0) is 69.4 Å². The van der Waals surface area contributed by atoms with Crippen molar-refractivity contribution in [3.8, 4) is 5.75 Å². The van der Waals surface area contributed by atoms with Crippen LogP contribution in [-0.2, 0) is 19.4 Å². The molecule has 0 unspecified atom stereocenters. The van der Waals surface area contributed by atoms with Gasteiger partial charge in [-0.3, -0.25) is 4.79 Å². The van der Waals surface area contributed by atoms with E-state index in [1.807, 2.05) is 37.8 Å². The SMILES string of the molecule is COc1ccc2c3c([nH]c2c1)[C@H](CO[Si](C)(C)C(C)(C)C)N(C(=O)CBr)CC31CCN(C(=O)OC(C)(C)C)CC1. The van der Waals surface area contributed by atoms with Crippen LogP contribution in [0.25, 0.3) is 10.9 Å². The van der Waals surface area contributed by atoms with Gasteiger partial charge in [-0.15, -0.1) is 0 Å². The molecule has 222 valence electrons. The first-order chi connectivity index (χ1) is 18.5. The summed E-state index contributed by atoms with van der Waals surface area (Å²) in [5.74, 6) is 0.821. The van der Waals surface area contributed by atoms with Crippen molar-refractivity contribution >= 4 is 47.2 Å². The maximum Gasteiger partial charge on any atom is 0.410 e. The Kier molecular flexibility index (Phi) is 8.49. The van der Waals surface area contributed by atoms with Crippen molar-refractivity contribution in [1.29, 1.82) is 0 Å². The molecule has 0 bridgehead atoms. The number of hydrogen-bond donors (Lipinski definition) is 1. The van der Waals surface area contributed by atoms with Crippen LogP contribution in [0.15, 0.2) is 18.2 Å². The lowest BCUT2D eigenvalue weighted by Gasteiger charge is -2.51. The number of aromatic nitrogens is 1. The van der Waals surface area contributed by atoms with Crippen LogP contribution in [0.1, 0.15) is 71.7 Å². The number of likely N-dealkylation sites (tertiary alicyclic amines) is 1. The Hall–Kier alpha value is -2.04. The fourth-order valence-corrected chi connectivity index (χ4v) is 7.01. The zero-order valence-electron chi connectivity index (χ0n) is 25.6. The highest BCUT2D eigenvalue weighted by molar-refractivity contribution is 9.09. The van der Waals surface area contributed by atoms with Crippen LogP contribution in [0.5, 0.6) is 5.75 Å². The molecule has 40 heavy (non-hydrogen) atoms. The monoisotopic (exact) mass is 635 g/mol. The third-order valence-corrected chi connectivity index (χ3v) is 13.9. The van der Waals surface area contributed by atoms with Crippen LogP contribution in [-0.4, -0.2) is 79.4 Å². The molecule has 2 aliphatic rings. The zero-order valence-corrected chi connectivity index (χ0v) is 28.2. The topological polar surface area (TPSA) is 84.1 Å². The quantitative estimate of drug-likeness (QED) is 0.290. The number of carbonyl (C=O) groups is 2. The molecule has 1 saturated heterocycles. The van der Waals surface area contributed by atoms with E-state index in [1.54, 1.807) is 12.0 Å². The summed E-state index contributed by atoms with van der Waals surface area (Å²) < 4.78 is 18.0. The van der Waals surface area contributed by atoms with Crippen LogP contribution in [0.2, 0.25) is 18.1 Å². The number of carbonyl (C=O) groups excluding carboxylic acids is 2. The molecule has 1 spiro atoms. The van der Waals surface area contributed by atoms with Gasteiger partial charge < -0.3 is 28.7 Å². The van der Waals surface area contributed by atoms with Crippen molar-refractivity contribution in [1.82, 2.24) is 14.8 Å². The summed E-state index contributed by atoms with van der Waals surface area (Å²) in [6.45, 7) is 19.0. The van der Waals surface area contributed by atoms with Crippen LogP contribution < -0.4 is 4.74 Å². The second kappa shape index (κ2) is 11.0. The van der Waals surface area contributed by atoms with Crippen LogP contribution >= 0.6 is 15.9 Å². The van der Waals surface area contributed by atoms with Gasteiger partial charge >= 0.3 is 6.09 Å². The molecule has 1 aromatic heterocycles. The molecule has 1 fully saturated rings. The number of halogens is 1. The van der Waals surface area contributed by atoms with E-state index in [9.17, 15) is 9.59 Å². The maximum absolute atomic E-state index is 13.5. The molecule has 4 rings (SSSR count). The Balaban J connectivity index is 1.78. The lowest BCUT2D eigenvalue weighted by molar-refractivity contribution is -0.134. The smallest absolute Gasteiger partial charge is 0.410 e. The maximum atomic E-state index is 13.5. The summed E-state index contributed by atoms with van der Waals surface area (Å²) in [6.07, 6.45) is 1.19. The molecule has 2 aliphatic heterocycles. The number of rotatable bonds is 5. The third-order valence-electron chi connectivity index (χ3n) is 8.96. The van der Waals surface area contributed by atoms with Crippen molar-refractivity contribution in [3.63, 3.8) is 0 Å². The van der Waals surface area contributed by atoms with Crippen molar-refractivity contribution in [2.24, 2.45) is 0 Å². The van der Waals surface area contributed by atoms with E-state index >= 15 is 0 Å². The minimum absolute atomic E-state index is 0.0414. The third kappa shape index (κ3) is 5.95. The molecule has 1 aromatic carbocycles. The lowest BCUT2D eigenvalue weighted by atomic mass is 9.68. The van der Waals surface area contributed by atoms with Crippen LogP contribution in [0.3, 0.4) is 0 Å². The molecule has 10 heteroatoms. The molecule has 8 nitrogen and oxygen atoms in total. The number of fused-ring (bicyclic) bond motifs is 4. The molecular formula is C30H46BrN3O5Si. The van der Waals surface area contributed by atoms with E-state index in [1.165, 1.54) is 5.56 Å². The number of piperidine rings is 1. The number of amides is 2. The molecule has 0 radical (unpaired) electrons. The Morgan fingerprint density at radius 1 is 1.12 bits per heavy atom. The molecule has 3 heterocycles. The van der Waals surface area contributed by atoms with E-state index in [0.717, 1.165) is 35.2 Å².